The van der Waals surface area contributed by atoms with Crippen LogP contribution in [0.5, 0.6) is 0 Å². The lowest BCUT2D eigenvalue weighted by Crippen LogP contribution is -2.34. The Labute approximate surface area is 127 Å². The summed E-state index contributed by atoms with van der Waals surface area (Å²) in [5.41, 5.74) is 2.31. The van der Waals surface area contributed by atoms with Crippen molar-refractivity contribution in [3.05, 3.63) is 35.1 Å². The molecule has 0 saturated heterocycles. The average Bonchev–Trinajstić information content (AvgIpc) is 2.39. The molecule has 114 valence electrons. The van der Waals surface area contributed by atoms with Gasteiger partial charge in [0.2, 0.25) is 0 Å². The monoisotopic (exact) mass is 297 g/mol. The van der Waals surface area contributed by atoms with Crippen LogP contribution in [0.15, 0.2) is 18.2 Å². The summed E-state index contributed by atoms with van der Waals surface area (Å²) in [5.74, 6) is 2.87. The smallest absolute Gasteiger partial charge is 0.123 e. The molecule has 20 heavy (non-hydrogen) atoms. The SMILES string of the molecule is CCCNC(CSCC(C)C)Cc1cc(F)ccc1C. The minimum atomic E-state index is -0.130. The third-order valence-corrected chi connectivity index (χ3v) is 4.77. The lowest BCUT2D eigenvalue weighted by molar-refractivity contribution is 0.546. The predicted octanol–water partition coefficient (Wildman–Crippen LogP) is 4.43. The van der Waals surface area contributed by atoms with Crippen molar-refractivity contribution >= 4 is 11.8 Å². The molecule has 1 unspecified atom stereocenters. The van der Waals surface area contributed by atoms with Gasteiger partial charge >= 0.3 is 0 Å². The van der Waals surface area contributed by atoms with E-state index >= 15 is 0 Å². The summed E-state index contributed by atoms with van der Waals surface area (Å²) in [7, 11) is 0. The zero-order valence-corrected chi connectivity index (χ0v) is 14.0. The number of halogens is 1. The van der Waals surface area contributed by atoms with Crippen LogP contribution in [0.25, 0.3) is 0 Å². The quantitative estimate of drug-likeness (QED) is 0.723. The summed E-state index contributed by atoms with van der Waals surface area (Å²) in [6.07, 6.45) is 2.04. The third kappa shape index (κ3) is 6.76. The van der Waals surface area contributed by atoms with Gasteiger partial charge in [0.05, 0.1) is 0 Å². The summed E-state index contributed by atoms with van der Waals surface area (Å²) >= 11 is 1.99. The summed E-state index contributed by atoms with van der Waals surface area (Å²) in [4.78, 5) is 0. The van der Waals surface area contributed by atoms with Crippen molar-refractivity contribution in [3.8, 4) is 0 Å². The highest BCUT2D eigenvalue weighted by Crippen LogP contribution is 2.16. The minimum absolute atomic E-state index is 0.130. The van der Waals surface area contributed by atoms with Gasteiger partial charge in [0.15, 0.2) is 0 Å². The Morgan fingerprint density at radius 3 is 2.65 bits per heavy atom. The van der Waals surface area contributed by atoms with E-state index in [1.165, 1.54) is 11.3 Å². The molecule has 1 atom stereocenters. The molecule has 1 nitrogen and oxygen atoms in total. The number of nitrogens with one attached hydrogen (secondary N) is 1. The van der Waals surface area contributed by atoms with E-state index in [9.17, 15) is 4.39 Å². The van der Waals surface area contributed by atoms with Crippen LogP contribution in [0.3, 0.4) is 0 Å². The fourth-order valence-electron chi connectivity index (χ4n) is 2.11. The van der Waals surface area contributed by atoms with Crippen LogP contribution in [0, 0.1) is 18.7 Å². The first-order chi connectivity index (χ1) is 9.52. The molecule has 0 aliphatic carbocycles. The molecule has 0 spiro atoms. The Balaban J connectivity index is 2.60. The van der Waals surface area contributed by atoms with Crippen molar-refractivity contribution in [2.75, 3.05) is 18.1 Å². The number of benzene rings is 1. The molecular formula is C17H28FNS. The molecule has 0 aliphatic heterocycles. The van der Waals surface area contributed by atoms with Crippen molar-refractivity contribution < 1.29 is 4.39 Å². The molecular weight excluding hydrogens is 269 g/mol. The maximum absolute atomic E-state index is 13.4. The zero-order valence-electron chi connectivity index (χ0n) is 13.2. The van der Waals surface area contributed by atoms with E-state index in [4.69, 9.17) is 0 Å². The van der Waals surface area contributed by atoms with Gasteiger partial charge in [-0.05, 0) is 61.2 Å². The molecule has 0 saturated carbocycles. The molecule has 0 fully saturated rings. The van der Waals surface area contributed by atoms with Crippen molar-refractivity contribution in [1.82, 2.24) is 5.32 Å². The van der Waals surface area contributed by atoms with Gasteiger partial charge in [-0.1, -0.05) is 26.8 Å². The molecule has 0 aromatic heterocycles. The lowest BCUT2D eigenvalue weighted by Gasteiger charge is -2.20. The van der Waals surface area contributed by atoms with Gasteiger partial charge in [0.25, 0.3) is 0 Å². The fraction of sp³-hybridized carbons (Fsp3) is 0.647. The standard InChI is InChI=1S/C17H28FNS/c1-5-8-19-17(12-20-11-13(2)3)10-15-9-16(18)7-6-14(15)4/h6-7,9,13,17,19H,5,8,10-12H2,1-4H3. The van der Waals surface area contributed by atoms with Crippen molar-refractivity contribution in [2.45, 2.75) is 46.6 Å². The van der Waals surface area contributed by atoms with E-state index in [-0.39, 0.29) is 5.82 Å². The van der Waals surface area contributed by atoms with Gasteiger partial charge < -0.3 is 5.32 Å². The Kier molecular flexibility index (Phi) is 8.24. The average molecular weight is 297 g/mol. The van der Waals surface area contributed by atoms with E-state index in [0.717, 1.165) is 36.6 Å². The molecule has 0 bridgehead atoms. The van der Waals surface area contributed by atoms with Crippen LogP contribution in [0.4, 0.5) is 4.39 Å². The first kappa shape index (κ1) is 17.5. The predicted molar refractivity (Wildman–Crippen MR) is 89.1 cm³/mol. The van der Waals surface area contributed by atoms with Crippen LogP contribution in [-0.4, -0.2) is 24.1 Å². The number of thioether (sulfide) groups is 1. The molecule has 1 aromatic carbocycles. The topological polar surface area (TPSA) is 12.0 Å². The largest absolute Gasteiger partial charge is 0.313 e. The molecule has 1 aromatic rings. The molecule has 0 aliphatic rings. The van der Waals surface area contributed by atoms with Crippen LogP contribution in [0.2, 0.25) is 0 Å². The Hall–Kier alpha value is -0.540. The van der Waals surface area contributed by atoms with Gasteiger partial charge in [0.1, 0.15) is 5.82 Å². The van der Waals surface area contributed by atoms with E-state index in [1.54, 1.807) is 12.1 Å². The van der Waals surface area contributed by atoms with E-state index in [0.29, 0.717) is 6.04 Å². The van der Waals surface area contributed by atoms with Gasteiger partial charge in [-0.25, -0.2) is 4.39 Å². The van der Waals surface area contributed by atoms with Crippen molar-refractivity contribution in [2.24, 2.45) is 5.92 Å². The highest BCUT2D eigenvalue weighted by molar-refractivity contribution is 7.99. The highest BCUT2D eigenvalue weighted by atomic mass is 32.2. The second-order valence-electron chi connectivity index (χ2n) is 5.86. The van der Waals surface area contributed by atoms with Crippen LogP contribution in [-0.2, 0) is 6.42 Å². The van der Waals surface area contributed by atoms with Gasteiger partial charge in [-0.3, -0.25) is 0 Å². The number of hydrogen-bond donors (Lipinski definition) is 1. The van der Waals surface area contributed by atoms with Gasteiger partial charge in [0, 0.05) is 11.8 Å². The second-order valence-corrected chi connectivity index (χ2v) is 6.93. The third-order valence-electron chi connectivity index (χ3n) is 3.23. The highest BCUT2D eigenvalue weighted by Gasteiger charge is 2.11. The van der Waals surface area contributed by atoms with Crippen LogP contribution >= 0.6 is 11.8 Å². The van der Waals surface area contributed by atoms with Gasteiger partial charge in [-0.15, -0.1) is 0 Å². The van der Waals surface area contributed by atoms with Crippen LogP contribution in [0.1, 0.15) is 38.3 Å². The first-order valence-corrected chi connectivity index (χ1v) is 8.74. The Morgan fingerprint density at radius 2 is 2.00 bits per heavy atom. The van der Waals surface area contributed by atoms with Crippen molar-refractivity contribution in [3.63, 3.8) is 0 Å². The summed E-state index contributed by atoms with van der Waals surface area (Å²) in [6.45, 7) is 9.77. The van der Waals surface area contributed by atoms with Crippen molar-refractivity contribution in [1.29, 1.82) is 0 Å². The van der Waals surface area contributed by atoms with Gasteiger partial charge in [-0.2, -0.15) is 11.8 Å². The Bertz CT molecular complexity index is 393. The Morgan fingerprint density at radius 1 is 1.25 bits per heavy atom. The van der Waals surface area contributed by atoms with E-state index in [1.807, 2.05) is 17.8 Å². The first-order valence-electron chi connectivity index (χ1n) is 7.59. The van der Waals surface area contributed by atoms with Crippen LogP contribution < -0.4 is 5.32 Å². The zero-order chi connectivity index (χ0) is 15.0. The van der Waals surface area contributed by atoms with E-state index < -0.39 is 0 Å². The maximum atomic E-state index is 13.4. The van der Waals surface area contributed by atoms with E-state index in [2.05, 4.69) is 33.0 Å². The number of rotatable bonds is 9. The summed E-state index contributed by atoms with van der Waals surface area (Å²) in [5, 5.41) is 3.60. The summed E-state index contributed by atoms with van der Waals surface area (Å²) < 4.78 is 13.4. The molecule has 0 radical (unpaired) electrons. The molecule has 1 N–H and O–H groups in total. The summed E-state index contributed by atoms with van der Waals surface area (Å²) in [6, 6.07) is 5.53. The maximum Gasteiger partial charge on any atom is 0.123 e. The second kappa shape index (κ2) is 9.41. The molecule has 3 heteroatoms. The molecule has 0 heterocycles. The normalized spacial score (nSPS) is 12.9. The number of aryl methyl sites for hydroxylation is 1. The fourth-order valence-corrected chi connectivity index (χ4v) is 3.24. The minimum Gasteiger partial charge on any atom is -0.313 e. The lowest BCUT2D eigenvalue weighted by atomic mass is 10.0. The molecule has 0 amide bonds. The number of hydrogen-bond acceptors (Lipinski definition) is 2. The molecule has 1 rings (SSSR count).